The molecule has 0 radical (unpaired) electrons. The van der Waals surface area contributed by atoms with Gasteiger partial charge in [-0.1, -0.05) is 17.7 Å². The number of hydrogen-bond donors (Lipinski definition) is 1. The van der Waals surface area contributed by atoms with E-state index in [0.29, 0.717) is 22.8 Å². The molecule has 0 atom stereocenters. The van der Waals surface area contributed by atoms with Crippen LogP contribution in [0.4, 0.5) is 15.9 Å². The second-order valence-electron chi connectivity index (χ2n) is 5.62. The Bertz CT molecular complexity index is 987. The number of carbonyl (C=O) groups is 1. The van der Waals surface area contributed by atoms with E-state index in [9.17, 15) is 9.18 Å². The van der Waals surface area contributed by atoms with E-state index in [2.05, 4.69) is 15.3 Å². The molecule has 0 saturated carbocycles. The highest BCUT2D eigenvalue weighted by molar-refractivity contribution is 6.33. The predicted octanol–water partition coefficient (Wildman–Crippen LogP) is 4.11. The average molecular weight is 375 g/mol. The Balaban J connectivity index is 2.15. The van der Waals surface area contributed by atoms with Crippen LogP contribution in [0, 0.1) is 12.7 Å². The molecule has 2 aromatic heterocycles. The molecule has 1 N–H and O–H groups in total. The fourth-order valence-electron chi connectivity index (χ4n) is 2.56. The van der Waals surface area contributed by atoms with Crippen molar-refractivity contribution in [2.45, 2.75) is 6.92 Å². The first kappa shape index (κ1) is 17.9. The quantitative estimate of drug-likeness (QED) is 0.696. The maximum atomic E-state index is 13.7. The third-order valence-electron chi connectivity index (χ3n) is 3.81. The maximum Gasteiger partial charge on any atom is 0.358 e. The molecule has 3 aromatic rings. The van der Waals surface area contributed by atoms with Gasteiger partial charge in [0.2, 0.25) is 0 Å². The SMILES string of the molecule is COC(=O)c1ncn(C)c1-c1ccc(C)nc1Nc1cccc(F)c1Cl. The number of halogens is 2. The highest BCUT2D eigenvalue weighted by Crippen LogP contribution is 2.34. The van der Waals surface area contributed by atoms with Crippen LogP contribution in [0.3, 0.4) is 0 Å². The first-order valence-corrected chi connectivity index (χ1v) is 8.09. The molecule has 0 aliphatic carbocycles. The lowest BCUT2D eigenvalue weighted by atomic mass is 10.1. The van der Waals surface area contributed by atoms with Gasteiger partial charge in [-0.15, -0.1) is 0 Å². The van der Waals surface area contributed by atoms with Gasteiger partial charge in [0.25, 0.3) is 0 Å². The van der Waals surface area contributed by atoms with Crippen LogP contribution in [0.2, 0.25) is 5.02 Å². The van der Waals surface area contributed by atoms with E-state index in [4.69, 9.17) is 16.3 Å². The topological polar surface area (TPSA) is 69.0 Å². The third-order valence-corrected chi connectivity index (χ3v) is 4.19. The van der Waals surface area contributed by atoms with Crippen LogP contribution in [0.25, 0.3) is 11.3 Å². The van der Waals surface area contributed by atoms with E-state index in [1.807, 2.05) is 13.0 Å². The number of aryl methyl sites for hydroxylation is 2. The molecule has 0 amide bonds. The number of aromatic nitrogens is 3. The summed E-state index contributed by atoms with van der Waals surface area (Å²) in [6.45, 7) is 1.83. The third kappa shape index (κ3) is 3.25. The van der Waals surface area contributed by atoms with Gasteiger partial charge in [-0.2, -0.15) is 0 Å². The largest absolute Gasteiger partial charge is 0.464 e. The minimum atomic E-state index is -0.559. The highest BCUT2D eigenvalue weighted by Gasteiger charge is 2.22. The molecular weight excluding hydrogens is 359 g/mol. The van der Waals surface area contributed by atoms with Gasteiger partial charge < -0.3 is 14.6 Å². The molecule has 0 spiro atoms. The summed E-state index contributed by atoms with van der Waals surface area (Å²) in [5.74, 6) is -0.677. The van der Waals surface area contributed by atoms with Crippen LogP contribution in [-0.4, -0.2) is 27.6 Å². The second kappa shape index (κ2) is 7.13. The van der Waals surface area contributed by atoms with Crippen LogP contribution in [0.1, 0.15) is 16.2 Å². The van der Waals surface area contributed by atoms with E-state index >= 15 is 0 Å². The monoisotopic (exact) mass is 374 g/mol. The maximum absolute atomic E-state index is 13.7. The smallest absolute Gasteiger partial charge is 0.358 e. The molecule has 0 saturated heterocycles. The van der Waals surface area contributed by atoms with Crippen molar-refractivity contribution >= 4 is 29.1 Å². The zero-order chi connectivity index (χ0) is 18.8. The van der Waals surface area contributed by atoms with Gasteiger partial charge >= 0.3 is 5.97 Å². The highest BCUT2D eigenvalue weighted by atomic mass is 35.5. The molecule has 2 heterocycles. The van der Waals surface area contributed by atoms with E-state index in [1.165, 1.54) is 19.5 Å². The Labute approximate surface area is 154 Å². The number of methoxy groups -OCH3 is 1. The fraction of sp³-hybridized carbons (Fsp3) is 0.167. The number of imidazole rings is 1. The average Bonchev–Trinajstić information content (AvgIpc) is 3.00. The Morgan fingerprint density at radius 2 is 2.08 bits per heavy atom. The molecule has 3 rings (SSSR count). The number of ether oxygens (including phenoxy) is 1. The number of nitrogens with one attached hydrogen (secondary N) is 1. The molecule has 0 unspecified atom stereocenters. The molecule has 1 aromatic carbocycles. The number of anilines is 2. The number of rotatable bonds is 4. The van der Waals surface area contributed by atoms with Crippen LogP contribution in [-0.2, 0) is 11.8 Å². The normalized spacial score (nSPS) is 10.7. The lowest BCUT2D eigenvalue weighted by Crippen LogP contribution is -2.07. The van der Waals surface area contributed by atoms with Gasteiger partial charge in [-0.25, -0.2) is 19.2 Å². The Morgan fingerprint density at radius 3 is 2.81 bits per heavy atom. The van der Waals surface area contributed by atoms with E-state index in [0.717, 1.165) is 5.69 Å². The molecule has 0 aliphatic heterocycles. The summed E-state index contributed by atoms with van der Waals surface area (Å²) < 4.78 is 20.2. The van der Waals surface area contributed by atoms with Crippen molar-refractivity contribution in [3.8, 4) is 11.3 Å². The van der Waals surface area contributed by atoms with Crippen molar-refractivity contribution in [3.63, 3.8) is 0 Å². The van der Waals surface area contributed by atoms with E-state index < -0.39 is 11.8 Å². The van der Waals surface area contributed by atoms with Crippen molar-refractivity contribution in [2.75, 3.05) is 12.4 Å². The predicted molar refractivity (Wildman–Crippen MR) is 97.2 cm³/mol. The number of carbonyl (C=O) groups excluding carboxylic acids is 1. The Kier molecular flexibility index (Phi) is 4.90. The van der Waals surface area contributed by atoms with Gasteiger partial charge in [0, 0.05) is 18.3 Å². The Morgan fingerprint density at radius 1 is 1.31 bits per heavy atom. The lowest BCUT2D eigenvalue weighted by Gasteiger charge is -2.14. The summed E-state index contributed by atoms with van der Waals surface area (Å²) in [5, 5.41) is 3.00. The van der Waals surface area contributed by atoms with Gasteiger partial charge in [0.15, 0.2) is 5.69 Å². The zero-order valence-electron chi connectivity index (χ0n) is 14.4. The molecule has 0 bridgehead atoms. The van der Waals surface area contributed by atoms with Crippen LogP contribution < -0.4 is 5.32 Å². The fourth-order valence-corrected chi connectivity index (χ4v) is 2.74. The second-order valence-corrected chi connectivity index (χ2v) is 6.00. The summed E-state index contributed by atoms with van der Waals surface area (Å²) in [6, 6.07) is 8.07. The number of benzene rings is 1. The van der Waals surface area contributed by atoms with E-state index in [1.54, 1.807) is 29.8 Å². The molecule has 0 fully saturated rings. The number of nitrogens with zero attached hydrogens (tertiary/aromatic N) is 3. The van der Waals surface area contributed by atoms with E-state index in [-0.39, 0.29) is 10.7 Å². The summed E-state index contributed by atoms with van der Waals surface area (Å²) in [6.07, 6.45) is 1.51. The standard InChI is InChI=1S/C18H16ClFN4O2/c1-10-7-8-11(16-15(18(25)26-3)21-9-24(16)2)17(22-10)23-13-6-4-5-12(20)14(13)19/h4-9H,1-3H3,(H,22,23). The van der Waals surface area contributed by atoms with Crippen LogP contribution >= 0.6 is 11.6 Å². The van der Waals surface area contributed by atoms with Crippen molar-refractivity contribution in [1.82, 2.24) is 14.5 Å². The molecule has 26 heavy (non-hydrogen) atoms. The Hall–Kier alpha value is -2.93. The molecule has 134 valence electrons. The minimum Gasteiger partial charge on any atom is -0.464 e. The van der Waals surface area contributed by atoms with Crippen molar-refractivity contribution in [3.05, 3.63) is 58.9 Å². The van der Waals surface area contributed by atoms with Gasteiger partial charge in [0.05, 0.1) is 29.8 Å². The minimum absolute atomic E-state index is 0.0417. The molecule has 8 heteroatoms. The zero-order valence-corrected chi connectivity index (χ0v) is 15.1. The van der Waals surface area contributed by atoms with Crippen molar-refractivity contribution in [1.29, 1.82) is 0 Å². The molecule has 0 aliphatic rings. The van der Waals surface area contributed by atoms with Crippen LogP contribution in [0.5, 0.6) is 0 Å². The number of esters is 1. The lowest BCUT2D eigenvalue weighted by molar-refractivity contribution is 0.0595. The first-order chi connectivity index (χ1) is 12.4. The molecule has 6 nitrogen and oxygen atoms in total. The summed E-state index contributed by atoms with van der Waals surface area (Å²) in [5.41, 5.74) is 2.41. The number of hydrogen-bond acceptors (Lipinski definition) is 5. The van der Waals surface area contributed by atoms with Gasteiger partial charge in [-0.3, -0.25) is 0 Å². The van der Waals surface area contributed by atoms with Crippen molar-refractivity contribution in [2.24, 2.45) is 7.05 Å². The van der Waals surface area contributed by atoms with Crippen LogP contribution in [0.15, 0.2) is 36.7 Å². The first-order valence-electron chi connectivity index (χ1n) is 7.71. The van der Waals surface area contributed by atoms with Gasteiger partial charge in [0.1, 0.15) is 11.6 Å². The summed E-state index contributed by atoms with van der Waals surface area (Å²) in [7, 11) is 3.05. The summed E-state index contributed by atoms with van der Waals surface area (Å²) in [4.78, 5) is 20.6. The number of pyridine rings is 1. The summed E-state index contributed by atoms with van der Waals surface area (Å²) >= 11 is 6.04. The molecular formula is C18H16ClFN4O2. The van der Waals surface area contributed by atoms with Crippen molar-refractivity contribution < 1.29 is 13.9 Å². The van der Waals surface area contributed by atoms with Gasteiger partial charge in [-0.05, 0) is 31.2 Å².